The summed E-state index contributed by atoms with van der Waals surface area (Å²) in [7, 11) is 1.59. The van der Waals surface area contributed by atoms with Crippen LogP contribution in [0.15, 0.2) is 22.7 Å². The maximum Gasteiger partial charge on any atom is 0.251 e. The van der Waals surface area contributed by atoms with E-state index in [2.05, 4.69) is 21.2 Å². The average molecular weight is 328 g/mol. The number of halogens is 1. The van der Waals surface area contributed by atoms with E-state index < -0.39 is 0 Å². The maximum atomic E-state index is 12.0. The fraction of sp³-hybridized carbons (Fsp3) is 0.500. The number of amides is 1. The van der Waals surface area contributed by atoms with Crippen molar-refractivity contribution in [3.8, 4) is 5.75 Å². The smallest absolute Gasteiger partial charge is 0.251 e. The van der Waals surface area contributed by atoms with E-state index in [-0.39, 0.29) is 12.0 Å². The fourth-order valence-electron chi connectivity index (χ4n) is 2.38. The summed E-state index contributed by atoms with van der Waals surface area (Å²) in [6.45, 7) is 0.625. The van der Waals surface area contributed by atoms with E-state index >= 15 is 0 Å². The quantitative estimate of drug-likeness (QED) is 0.892. The monoisotopic (exact) mass is 327 g/mol. The molecule has 0 saturated heterocycles. The van der Waals surface area contributed by atoms with Crippen molar-refractivity contribution in [1.82, 2.24) is 5.32 Å². The van der Waals surface area contributed by atoms with E-state index in [0.29, 0.717) is 23.8 Å². The molecule has 1 aromatic carbocycles. The van der Waals surface area contributed by atoms with E-state index in [1.165, 1.54) is 0 Å². The molecule has 1 amide bonds. The molecule has 2 unspecified atom stereocenters. The van der Waals surface area contributed by atoms with Crippen molar-refractivity contribution in [2.75, 3.05) is 13.7 Å². The Labute approximate surface area is 121 Å². The predicted octanol–water partition coefficient (Wildman–Crippen LogP) is 2.35. The van der Waals surface area contributed by atoms with Gasteiger partial charge in [0.15, 0.2) is 0 Å². The summed E-state index contributed by atoms with van der Waals surface area (Å²) < 4.78 is 5.89. The van der Waals surface area contributed by atoms with E-state index in [1.807, 2.05) is 0 Å². The number of benzene rings is 1. The van der Waals surface area contributed by atoms with Crippen molar-refractivity contribution in [3.63, 3.8) is 0 Å². The maximum absolute atomic E-state index is 12.0. The number of hydrogen-bond donors (Lipinski definition) is 2. The van der Waals surface area contributed by atoms with Gasteiger partial charge in [-0.1, -0.05) is 0 Å². The summed E-state index contributed by atoms with van der Waals surface area (Å²) in [6, 6.07) is 5.25. The average Bonchev–Trinajstić information content (AvgIpc) is 2.81. The van der Waals surface area contributed by atoms with Crippen molar-refractivity contribution in [2.24, 2.45) is 5.92 Å². The first-order chi connectivity index (χ1) is 9.10. The first-order valence-corrected chi connectivity index (χ1v) is 7.19. The van der Waals surface area contributed by atoms with Gasteiger partial charge in [-0.05, 0) is 59.3 Å². The van der Waals surface area contributed by atoms with Gasteiger partial charge in [0.2, 0.25) is 0 Å². The summed E-state index contributed by atoms with van der Waals surface area (Å²) in [6.07, 6.45) is 2.41. The molecule has 5 heteroatoms. The molecule has 1 aromatic rings. The summed E-state index contributed by atoms with van der Waals surface area (Å²) in [5.74, 6) is 1.00. The van der Waals surface area contributed by atoms with Crippen LogP contribution in [0.25, 0.3) is 0 Å². The number of carbonyl (C=O) groups excluding carboxylic acids is 1. The molecule has 4 nitrogen and oxygen atoms in total. The first kappa shape index (κ1) is 14.3. The highest BCUT2D eigenvalue weighted by Gasteiger charge is 2.23. The SMILES string of the molecule is COc1ccc(C(=O)NCC2CCC(O)C2)cc1Br. The fourth-order valence-corrected chi connectivity index (χ4v) is 2.92. The molecule has 0 heterocycles. The molecule has 2 N–H and O–H groups in total. The van der Waals surface area contributed by atoms with Crippen molar-refractivity contribution in [2.45, 2.75) is 25.4 Å². The zero-order valence-corrected chi connectivity index (χ0v) is 12.4. The van der Waals surface area contributed by atoms with Crippen molar-refractivity contribution < 1.29 is 14.6 Å². The van der Waals surface area contributed by atoms with Gasteiger partial charge in [-0.2, -0.15) is 0 Å². The number of hydrogen-bond acceptors (Lipinski definition) is 3. The Morgan fingerprint density at radius 3 is 2.89 bits per heavy atom. The molecule has 0 aliphatic heterocycles. The molecule has 0 aromatic heterocycles. The topological polar surface area (TPSA) is 58.6 Å². The van der Waals surface area contributed by atoms with Crippen LogP contribution in [0.1, 0.15) is 29.6 Å². The van der Waals surface area contributed by atoms with Gasteiger partial charge in [0.05, 0.1) is 17.7 Å². The highest BCUT2D eigenvalue weighted by molar-refractivity contribution is 9.10. The van der Waals surface area contributed by atoms with Gasteiger partial charge >= 0.3 is 0 Å². The summed E-state index contributed by atoms with van der Waals surface area (Å²) in [4.78, 5) is 12.0. The molecule has 0 radical (unpaired) electrons. The minimum atomic E-state index is -0.197. The second-order valence-electron chi connectivity index (χ2n) is 4.89. The predicted molar refractivity (Wildman–Crippen MR) is 76.4 cm³/mol. The van der Waals surface area contributed by atoms with Crippen LogP contribution >= 0.6 is 15.9 Å². The highest BCUT2D eigenvalue weighted by atomic mass is 79.9. The summed E-state index contributed by atoms with van der Waals surface area (Å²) in [5, 5.41) is 12.4. The third-order valence-electron chi connectivity index (χ3n) is 3.48. The number of ether oxygens (including phenoxy) is 1. The van der Waals surface area contributed by atoms with Crippen LogP contribution in [0.4, 0.5) is 0 Å². The molecular weight excluding hydrogens is 310 g/mol. The molecule has 1 aliphatic rings. The van der Waals surface area contributed by atoms with E-state index in [1.54, 1.807) is 25.3 Å². The second-order valence-corrected chi connectivity index (χ2v) is 5.75. The Kier molecular flexibility index (Phi) is 4.82. The minimum absolute atomic E-state index is 0.0928. The van der Waals surface area contributed by atoms with Gasteiger partial charge in [-0.3, -0.25) is 4.79 Å². The Morgan fingerprint density at radius 1 is 1.53 bits per heavy atom. The van der Waals surface area contributed by atoms with Crippen molar-refractivity contribution in [1.29, 1.82) is 0 Å². The molecule has 19 heavy (non-hydrogen) atoms. The van der Waals surface area contributed by atoms with E-state index in [9.17, 15) is 9.90 Å². The number of aliphatic hydroxyl groups is 1. The lowest BCUT2D eigenvalue weighted by Crippen LogP contribution is -2.28. The van der Waals surface area contributed by atoms with Crippen LogP contribution in [0.3, 0.4) is 0 Å². The van der Waals surface area contributed by atoms with Gasteiger partial charge in [0, 0.05) is 12.1 Å². The summed E-state index contributed by atoms with van der Waals surface area (Å²) >= 11 is 3.36. The molecule has 1 saturated carbocycles. The van der Waals surface area contributed by atoms with Crippen LogP contribution in [-0.2, 0) is 0 Å². The largest absolute Gasteiger partial charge is 0.496 e. The zero-order chi connectivity index (χ0) is 13.8. The minimum Gasteiger partial charge on any atom is -0.496 e. The number of rotatable bonds is 4. The van der Waals surface area contributed by atoms with Gasteiger partial charge in [-0.25, -0.2) is 0 Å². The highest BCUT2D eigenvalue weighted by Crippen LogP contribution is 2.26. The number of carbonyl (C=O) groups is 1. The van der Waals surface area contributed by atoms with E-state index in [4.69, 9.17) is 4.74 Å². The molecule has 2 rings (SSSR count). The lowest BCUT2D eigenvalue weighted by Gasteiger charge is -2.11. The van der Waals surface area contributed by atoms with Gasteiger partial charge in [0.25, 0.3) is 5.91 Å². The number of aliphatic hydroxyl groups excluding tert-OH is 1. The van der Waals surface area contributed by atoms with Crippen LogP contribution in [0.2, 0.25) is 0 Å². The molecule has 0 spiro atoms. The normalized spacial score (nSPS) is 22.3. The molecule has 104 valence electrons. The Balaban J connectivity index is 1.91. The number of methoxy groups -OCH3 is 1. The Hall–Kier alpha value is -1.07. The third-order valence-corrected chi connectivity index (χ3v) is 4.10. The lowest BCUT2D eigenvalue weighted by molar-refractivity contribution is 0.0945. The van der Waals surface area contributed by atoms with Crippen LogP contribution < -0.4 is 10.1 Å². The third kappa shape index (κ3) is 3.70. The first-order valence-electron chi connectivity index (χ1n) is 6.40. The van der Waals surface area contributed by atoms with Gasteiger partial charge in [0.1, 0.15) is 5.75 Å². The Bertz CT molecular complexity index is 464. The number of nitrogens with one attached hydrogen (secondary N) is 1. The van der Waals surface area contributed by atoms with E-state index in [0.717, 1.165) is 23.7 Å². The standard InChI is InChI=1S/C14H18BrNO3/c1-19-13-5-3-10(7-12(13)15)14(18)16-8-9-2-4-11(17)6-9/h3,5,7,9,11,17H,2,4,6,8H2,1H3,(H,16,18). The molecule has 1 fully saturated rings. The lowest BCUT2D eigenvalue weighted by atomic mass is 10.1. The summed E-state index contributed by atoms with van der Waals surface area (Å²) in [5.41, 5.74) is 0.603. The zero-order valence-electron chi connectivity index (χ0n) is 10.9. The molecule has 2 atom stereocenters. The molecule has 0 bridgehead atoms. The van der Waals surface area contributed by atoms with Gasteiger partial charge < -0.3 is 15.2 Å². The molecular formula is C14H18BrNO3. The van der Waals surface area contributed by atoms with Crippen molar-refractivity contribution >= 4 is 21.8 Å². The molecule has 1 aliphatic carbocycles. The van der Waals surface area contributed by atoms with Crippen molar-refractivity contribution in [3.05, 3.63) is 28.2 Å². The van der Waals surface area contributed by atoms with Crippen LogP contribution in [0.5, 0.6) is 5.75 Å². The Morgan fingerprint density at radius 2 is 2.32 bits per heavy atom. The van der Waals surface area contributed by atoms with Crippen LogP contribution in [0, 0.1) is 5.92 Å². The van der Waals surface area contributed by atoms with Crippen LogP contribution in [-0.4, -0.2) is 30.8 Å². The van der Waals surface area contributed by atoms with Gasteiger partial charge in [-0.15, -0.1) is 0 Å². The second kappa shape index (κ2) is 6.39.